The Morgan fingerprint density at radius 2 is 1.72 bits per heavy atom. The first-order chi connectivity index (χ1) is 11.8. The lowest BCUT2D eigenvalue weighted by atomic mass is 10.1. The molecule has 3 N–H and O–H groups in total. The third kappa shape index (κ3) is 4.47. The van der Waals surface area contributed by atoms with Gasteiger partial charge in [-0.1, -0.05) is 0 Å². The molecule has 0 radical (unpaired) electrons. The van der Waals surface area contributed by atoms with Crippen LogP contribution < -0.4 is 5.32 Å². The number of hydrogen-bond donors (Lipinski definition) is 3. The van der Waals surface area contributed by atoms with E-state index in [0.717, 1.165) is 6.42 Å². The minimum Gasteiger partial charge on any atom is -0.480 e. The van der Waals surface area contributed by atoms with Crippen LogP contribution in [0.25, 0.3) is 0 Å². The molecule has 2 heterocycles. The minimum atomic E-state index is -1.00. The van der Waals surface area contributed by atoms with Crippen LogP contribution in [0, 0.1) is 0 Å². The summed E-state index contributed by atoms with van der Waals surface area (Å²) in [5.74, 6) is -2.54. The molecule has 2 rings (SSSR count). The summed E-state index contributed by atoms with van der Waals surface area (Å²) < 4.78 is 0. The fraction of sp³-hybridized carbons (Fsp3) is 0.750. The standard InChI is InChI=1S/C16H25N3O6/c1-10(15(22)23)18-8-2-4-11(18)14(21)17-7-6-13(20)19-9-3-5-12(19)16(24)25/h10-12H,2-9H2,1H3,(H,17,21)(H,22,23)(H,24,25)/t10?,11-,12-/m0/s1. The second-order valence-electron chi connectivity index (χ2n) is 6.53. The van der Waals surface area contributed by atoms with Gasteiger partial charge in [0.1, 0.15) is 12.1 Å². The predicted molar refractivity (Wildman–Crippen MR) is 86.8 cm³/mol. The number of hydrogen-bond acceptors (Lipinski definition) is 5. The van der Waals surface area contributed by atoms with E-state index in [2.05, 4.69) is 5.32 Å². The van der Waals surface area contributed by atoms with Crippen LogP contribution >= 0.6 is 0 Å². The van der Waals surface area contributed by atoms with E-state index in [9.17, 15) is 19.2 Å². The van der Waals surface area contributed by atoms with Crippen LogP contribution in [-0.4, -0.2) is 81.5 Å². The van der Waals surface area contributed by atoms with Gasteiger partial charge in [-0.05, 0) is 39.2 Å². The number of carboxylic acid groups (broad SMARTS) is 2. The molecule has 0 aromatic heterocycles. The Hall–Kier alpha value is -2.16. The van der Waals surface area contributed by atoms with E-state index in [4.69, 9.17) is 10.2 Å². The molecule has 0 saturated carbocycles. The number of nitrogens with zero attached hydrogens (tertiary/aromatic N) is 2. The highest BCUT2D eigenvalue weighted by Gasteiger charge is 2.37. The highest BCUT2D eigenvalue weighted by Crippen LogP contribution is 2.21. The van der Waals surface area contributed by atoms with Gasteiger partial charge in [-0.15, -0.1) is 0 Å². The van der Waals surface area contributed by atoms with Crippen molar-refractivity contribution in [2.24, 2.45) is 0 Å². The molecule has 0 spiro atoms. The third-order valence-electron chi connectivity index (χ3n) is 4.95. The van der Waals surface area contributed by atoms with E-state index in [-0.39, 0.29) is 24.8 Å². The normalized spacial score (nSPS) is 24.9. The van der Waals surface area contributed by atoms with Gasteiger partial charge in [-0.3, -0.25) is 19.3 Å². The van der Waals surface area contributed by atoms with Gasteiger partial charge in [0.25, 0.3) is 0 Å². The molecule has 9 nitrogen and oxygen atoms in total. The van der Waals surface area contributed by atoms with Crippen molar-refractivity contribution in [3.63, 3.8) is 0 Å². The number of nitrogens with one attached hydrogen (secondary N) is 1. The lowest BCUT2D eigenvalue weighted by Crippen LogP contribution is -2.50. The van der Waals surface area contributed by atoms with E-state index in [1.807, 2.05) is 0 Å². The average Bonchev–Trinajstić information content (AvgIpc) is 3.22. The zero-order chi connectivity index (χ0) is 18.6. The van der Waals surface area contributed by atoms with Gasteiger partial charge in [-0.2, -0.15) is 0 Å². The topological polar surface area (TPSA) is 127 Å². The van der Waals surface area contributed by atoms with Crippen molar-refractivity contribution in [1.82, 2.24) is 15.1 Å². The summed E-state index contributed by atoms with van der Waals surface area (Å²) in [4.78, 5) is 49.7. The van der Waals surface area contributed by atoms with Crippen molar-refractivity contribution < 1.29 is 29.4 Å². The molecule has 2 saturated heterocycles. The summed E-state index contributed by atoms with van der Waals surface area (Å²) in [6, 6.07) is -2.01. The Morgan fingerprint density at radius 1 is 1.08 bits per heavy atom. The highest BCUT2D eigenvalue weighted by molar-refractivity contribution is 5.86. The lowest BCUT2D eigenvalue weighted by Gasteiger charge is -2.27. The smallest absolute Gasteiger partial charge is 0.326 e. The molecular weight excluding hydrogens is 330 g/mol. The molecule has 9 heteroatoms. The first kappa shape index (κ1) is 19.2. The molecule has 0 aliphatic carbocycles. The van der Waals surface area contributed by atoms with Crippen molar-refractivity contribution in [2.45, 2.75) is 57.2 Å². The summed E-state index contributed by atoms with van der Waals surface area (Å²) >= 11 is 0. The van der Waals surface area contributed by atoms with Crippen molar-refractivity contribution in [2.75, 3.05) is 19.6 Å². The maximum atomic E-state index is 12.3. The Kier molecular flexibility index (Phi) is 6.35. The average molecular weight is 355 g/mol. The van der Waals surface area contributed by atoms with Crippen molar-refractivity contribution in [3.05, 3.63) is 0 Å². The molecule has 0 bridgehead atoms. The molecule has 2 fully saturated rings. The molecule has 25 heavy (non-hydrogen) atoms. The first-order valence-corrected chi connectivity index (χ1v) is 8.61. The molecule has 2 aliphatic heterocycles. The SMILES string of the molecule is CC(C(=O)O)N1CCC[C@H]1C(=O)NCCC(=O)N1CCC[C@H]1C(=O)O. The molecule has 3 atom stereocenters. The van der Waals surface area contributed by atoms with Crippen LogP contribution in [0.4, 0.5) is 0 Å². The van der Waals surface area contributed by atoms with E-state index < -0.39 is 30.1 Å². The fourth-order valence-electron chi connectivity index (χ4n) is 3.55. The van der Waals surface area contributed by atoms with E-state index in [1.54, 1.807) is 11.8 Å². The highest BCUT2D eigenvalue weighted by atomic mass is 16.4. The third-order valence-corrected chi connectivity index (χ3v) is 4.95. The zero-order valence-electron chi connectivity index (χ0n) is 14.3. The van der Waals surface area contributed by atoms with E-state index >= 15 is 0 Å². The van der Waals surface area contributed by atoms with Gasteiger partial charge in [0.05, 0.1) is 6.04 Å². The van der Waals surface area contributed by atoms with E-state index in [1.165, 1.54) is 4.90 Å². The second-order valence-corrected chi connectivity index (χ2v) is 6.53. The molecule has 2 amide bonds. The monoisotopic (exact) mass is 355 g/mol. The van der Waals surface area contributed by atoms with Crippen molar-refractivity contribution in [1.29, 1.82) is 0 Å². The number of carboxylic acids is 2. The number of carbonyl (C=O) groups excluding carboxylic acids is 2. The van der Waals surface area contributed by atoms with Crippen LogP contribution in [0.1, 0.15) is 39.0 Å². The predicted octanol–water partition coefficient (Wildman–Crippen LogP) is -0.494. The summed E-state index contributed by atoms with van der Waals surface area (Å²) in [6.07, 6.45) is 2.50. The number of aliphatic carboxylic acids is 2. The Balaban J connectivity index is 1.81. The minimum absolute atomic E-state index is 0.0384. The number of amides is 2. The Morgan fingerprint density at radius 3 is 2.36 bits per heavy atom. The number of rotatable bonds is 7. The maximum Gasteiger partial charge on any atom is 0.326 e. The van der Waals surface area contributed by atoms with Gasteiger partial charge in [0.15, 0.2) is 0 Å². The zero-order valence-corrected chi connectivity index (χ0v) is 14.3. The number of carbonyl (C=O) groups is 4. The summed E-state index contributed by atoms with van der Waals surface area (Å²) in [6.45, 7) is 2.65. The molecular formula is C16H25N3O6. The van der Waals surface area contributed by atoms with E-state index in [0.29, 0.717) is 32.4 Å². The maximum absolute atomic E-state index is 12.3. The Bertz CT molecular complexity index is 552. The first-order valence-electron chi connectivity index (χ1n) is 8.61. The summed E-state index contributed by atoms with van der Waals surface area (Å²) in [7, 11) is 0. The van der Waals surface area contributed by atoms with Crippen molar-refractivity contribution >= 4 is 23.8 Å². The van der Waals surface area contributed by atoms with Crippen molar-refractivity contribution in [3.8, 4) is 0 Å². The van der Waals surface area contributed by atoms with Crippen LogP contribution in [0.2, 0.25) is 0 Å². The molecule has 1 unspecified atom stereocenters. The van der Waals surface area contributed by atoms with Gasteiger partial charge in [-0.25, -0.2) is 4.79 Å². The molecule has 0 aromatic carbocycles. The van der Waals surface area contributed by atoms with Gasteiger partial charge >= 0.3 is 11.9 Å². The van der Waals surface area contributed by atoms with Gasteiger partial charge < -0.3 is 20.4 Å². The van der Waals surface area contributed by atoms with Gasteiger partial charge in [0, 0.05) is 19.5 Å². The van der Waals surface area contributed by atoms with Gasteiger partial charge in [0.2, 0.25) is 11.8 Å². The van der Waals surface area contributed by atoms with Crippen LogP contribution in [-0.2, 0) is 19.2 Å². The van der Waals surface area contributed by atoms with Crippen LogP contribution in [0.15, 0.2) is 0 Å². The van der Waals surface area contributed by atoms with Crippen LogP contribution in [0.3, 0.4) is 0 Å². The number of likely N-dealkylation sites (tertiary alicyclic amines) is 2. The molecule has 140 valence electrons. The fourth-order valence-corrected chi connectivity index (χ4v) is 3.55. The molecule has 2 aliphatic rings. The summed E-state index contributed by atoms with van der Waals surface area (Å²) in [5.41, 5.74) is 0. The Labute approximate surface area is 146 Å². The second kappa shape index (κ2) is 8.28. The molecule has 0 aromatic rings. The quantitative estimate of drug-likeness (QED) is 0.562. The lowest BCUT2D eigenvalue weighted by molar-refractivity contribution is -0.148. The largest absolute Gasteiger partial charge is 0.480 e. The van der Waals surface area contributed by atoms with Crippen LogP contribution in [0.5, 0.6) is 0 Å². The summed E-state index contributed by atoms with van der Waals surface area (Å²) in [5, 5.41) is 20.9.